The molecule has 0 saturated carbocycles. The van der Waals surface area contributed by atoms with E-state index in [2.05, 4.69) is 5.32 Å². The smallest absolute Gasteiger partial charge is 0.305 e. The number of carboxylic acids is 1. The number of aliphatic carboxylic acids is 1. The number of nitrogens with zero attached hydrogens (tertiary/aromatic N) is 2. The minimum absolute atomic E-state index is 0.00600. The zero-order valence-electron chi connectivity index (χ0n) is 19.5. The van der Waals surface area contributed by atoms with Gasteiger partial charge in [-0.2, -0.15) is 4.31 Å². The Balaban J connectivity index is 1.97. The lowest BCUT2D eigenvalue weighted by Gasteiger charge is -2.30. The van der Waals surface area contributed by atoms with Crippen LogP contribution < -0.4 is 5.32 Å². The van der Waals surface area contributed by atoms with Crippen LogP contribution in [0.2, 0.25) is 0 Å². The number of nitrogens with one attached hydrogen (secondary N) is 1. The number of rotatable bonds is 9. The molecule has 2 aromatic rings. The fourth-order valence-electron chi connectivity index (χ4n) is 4.07. The number of aryl methyl sites for hydroxylation is 1. The molecule has 2 amide bonds. The molecule has 188 valence electrons. The van der Waals surface area contributed by atoms with E-state index >= 15 is 0 Å². The highest BCUT2D eigenvalue weighted by atomic mass is 32.2. The SMILES string of the molecule is CCCS(=O)(=O)N1CCN(C(=O)c2cccc(C)c2)C1C(=O)NC(CC(=O)O)c1ccc(F)cc1. The van der Waals surface area contributed by atoms with E-state index in [9.17, 15) is 32.3 Å². The van der Waals surface area contributed by atoms with Gasteiger partial charge in [0.1, 0.15) is 5.82 Å². The quantitative estimate of drug-likeness (QED) is 0.539. The molecule has 11 heteroatoms. The molecular formula is C24H28FN3O6S. The van der Waals surface area contributed by atoms with E-state index in [1.807, 2.05) is 13.0 Å². The van der Waals surface area contributed by atoms with Crippen LogP contribution in [0.1, 0.15) is 47.3 Å². The average molecular weight is 506 g/mol. The van der Waals surface area contributed by atoms with Gasteiger partial charge in [0, 0.05) is 18.7 Å². The van der Waals surface area contributed by atoms with E-state index in [1.54, 1.807) is 25.1 Å². The highest BCUT2D eigenvalue weighted by Gasteiger charge is 2.46. The van der Waals surface area contributed by atoms with Crippen LogP contribution in [-0.2, 0) is 19.6 Å². The van der Waals surface area contributed by atoms with E-state index in [0.29, 0.717) is 17.5 Å². The molecule has 9 nitrogen and oxygen atoms in total. The Labute approximate surface area is 203 Å². The molecule has 0 aromatic heterocycles. The van der Waals surface area contributed by atoms with Crippen LogP contribution >= 0.6 is 0 Å². The Morgan fingerprint density at radius 3 is 2.43 bits per heavy atom. The van der Waals surface area contributed by atoms with Crippen molar-refractivity contribution in [2.24, 2.45) is 0 Å². The van der Waals surface area contributed by atoms with Crippen molar-refractivity contribution >= 4 is 27.8 Å². The lowest BCUT2D eigenvalue weighted by Crippen LogP contribution is -2.54. The molecule has 0 aliphatic carbocycles. The second-order valence-corrected chi connectivity index (χ2v) is 10.4. The molecule has 1 aliphatic rings. The Morgan fingerprint density at radius 1 is 1.14 bits per heavy atom. The van der Waals surface area contributed by atoms with Crippen LogP contribution in [0.5, 0.6) is 0 Å². The molecule has 2 atom stereocenters. The Hall–Kier alpha value is -3.31. The summed E-state index contributed by atoms with van der Waals surface area (Å²) in [6, 6.07) is 10.6. The van der Waals surface area contributed by atoms with Crippen molar-refractivity contribution in [3.8, 4) is 0 Å². The van der Waals surface area contributed by atoms with Crippen molar-refractivity contribution < 1.29 is 32.3 Å². The first-order valence-corrected chi connectivity index (χ1v) is 12.8. The first kappa shape index (κ1) is 26.3. The maximum absolute atomic E-state index is 13.5. The first-order chi connectivity index (χ1) is 16.5. The van der Waals surface area contributed by atoms with Crippen molar-refractivity contribution in [1.82, 2.24) is 14.5 Å². The number of halogens is 1. The summed E-state index contributed by atoms with van der Waals surface area (Å²) in [4.78, 5) is 39.4. The summed E-state index contributed by atoms with van der Waals surface area (Å²) in [6.45, 7) is 3.42. The van der Waals surface area contributed by atoms with E-state index in [4.69, 9.17) is 0 Å². The Bertz CT molecular complexity index is 1200. The minimum Gasteiger partial charge on any atom is -0.481 e. The molecule has 1 saturated heterocycles. The highest BCUT2D eigenvalue weighted by molar-refractivity contribution is 7.89. The van der Waals surface area contributed by atoms with Gasteiger partial charge < -0.3 is 15.3 Å². The normalized spacial score (nSPS) is 17.2. The second-order valence-electron chi connectivity index (χ2n) is 8.38. The molecule has 2 aromatic carbocycles. The predicted octanol–water partition coefficient (Wildman–Crippen LogP) is 2.29. The van der Waals surface area contributed by atoms with Gasteiger partial charge in [-0.3, -0.25) is 14.4 Å². The summed E-state index contributed by atoms with van der Waals surface area (Å²) >= 11 is 0. The van der Waals surface area contributed by atoms with Gasteiger partial charge in [0.15, 0.2) is 6.17 Å². The van der Waals surface area contributed by atoms with Gasteiger partial charge in [0.25, 0.3) is 11.8 Å². The van der Waals surface area contributed by atoms with Crippen molar-refractivity contribution in [1.29, 1.82) is 0 Å². The Kier molecular flexibility index (Phi) is 8.23. The van der Waals surface area contributed by atoms with Crippen molar-refractivity contribution in [2.75, 3.05) is 18.8 Å². The number of hydrogen-bond acceptors (Lipinski definition) is 5. The zero-order valence-corrected chi connectivity index (χ0v) is 20.3. The third-order valence-electron chi connectivity index (χ3n) is 5.68. The molecule has 2 N–H and O–H groups in total. The van der Waals surface area contributed by atoms with E-state index < -0.39 is 52.3 Å². The third-order valence-corrected chi connectivity index (χ3v) is 7.70. The van der Waals surface area contributed by atoms with E-state index in [-0.39, 0.29) is 18.8 Å². The number of sulfonamides is 1. The van der Waals surface area contributed by atoms with E-state index in [0.717, 1.165) is 22.0 Å². The first-order valence-electron chi connectivity index (χ1n) is 11.2. The fourth-order valence-corrected chi connectivity index (χ4v) is 5.69. The maximum Gasteiger partial charge on any atom is 0.305 e. The molecule has 0 spiro atoms. The molecule has 1 fully saturated rings. The number of carbonyl (C=O) groups is 3. The Morgan fingerprint density at radius 2 is 1.83 bits per heavy atom. The van der Waals surface area contributed by atoms with Crippen molar-refractivity contribution in [3.05, 3.63) is 71.0 Å². The van der Waals surface area contributed by atoms with Crippen LogP contribution in [0.15, 0.2) is 48.5 Å². The van der Waals surface area contributed by atoms with Gasteiger partial charge >= 0.3 is 5.97 Å². The van der Waals surface area contributed by atoms with Gasteiger partial charge in [-0.15, -0.1) is 0 Å². The molecule has 0 bridgehead atoms. The molecular weight excluding hydrogens is 477 g/mol. The average Bonchev–Trinajstić information content (AvgIpc) is 3.25. The topological polar surface area (TPSA) is 124 Å². The monoisotopic (exact) mass is 505 g/mol. The van der Waals surface area contributed by atoms with E-state index in [1.165, 1.54) is 17.0 Å². The number of carbonyl (C=O) groups excluding carboxylic acids is 2. The van der Waals surface area contributed by atoms with Crippen LogP contribution in [-0.4, -0.2) is 65.5 Å². The summed E-state index contributed by atoms with van der Waals surface area (Å²) in [5.74, 6) is -3.30. The molecule has 2 unspecified atom stereocenters. The number of benzene rings is 2. The van der Waals surface area contributed by atoms with Crippen LogP contribution in [0.3, 0.4) is 0 Å². The van der Waals surface area contributed by atoms with Gasteiger partial charge in [0.05, 0.1) is 18.2 Å². The molecule has 0 radical (unpaired) electrons. The molecule has 1 heterocycles. The third kappa shape index (κ3) is 6.23. The largest absolute Gasteiger partial charge is 0.481 e. The minimum atomic E-state index is -3.88. The lowest BCUT2D eigenvalue weighted by molar-refractivity contribution is -0.138. The summed E-state index contributed by atoms with van der Waals surface area (Å²) in [5, 5.41) is 11.9. The standard InChI is InChI=1S/C24H28FN3O6S/c1-3-13-35(33,34)28-12-11-27(24(32)18-6-4-5-16(2)14-18)23(28)22(31)26-20(15-21(29)30)17-7-9-19(25)10-8-17/h4-10,14,20,23H,3,11-13,15H2,1-2H3,(H,26,31)(H,29,30). The number of carboxylic acid groups (broad SMARTS) is 1. The molecule has 3 rings (SSSR count). The van der Waals surface area contributed by atoms with Crippen LogP contribution in [0.25, 0.3) is 0 Å². The van der Waals surface area contributed by atoms with Gasteiger partial charge in [0.2, 0.25) is 10.0 Å². The predicted molar refractivity (Wildman–Crippen MR) is 126 cm³/mol. The zero-order chi connectivity index (χ0) is 25.8. The number of amides is 2. The fraction of sp³-hybridized carbons (Fsp3) is 0.375. The van der Waals surface area contributed by atoms with Gasteiger partial charge in [-0.25, -0.2) is 12.8 Å². The van der Waals surface area contributed by atoms with Crippen LogP contribution in [0, 0.1) is 12.7 Å². The van der Waals surface area contributed by atoms with Gasteiger partial charge in [-0.05, 0) is 43.2 Å². The summed E-state index contributed by atoms with van der Waals surface area (Å²) in [5.41, 5.74) is 1.46. The second kappa shape index (κ2) is 11.0. The highest BCUT2D eigenvalue weighted by Crippen LogP contribution is 2.25. The van der Waals surface area contributed by atoms with Crippen molar-refractivity contribution in [2.45, 2.75) is 38.9 Å². The molecule has 1 aliphatic heterocycles. The maximum atomic E-state index is 13.5. The summed E-state index contributed by atoms with van der Waals surface area (Å²) < 4.78 is 40.3. The summed E-state index contributed by atoms with van der Waals surface area (Å²) in [6.07, 6.45) is -1.69. The molecule has 35 heavy (non-hydrogen) atoms. The number of hydrogen-bond donors (Lipinski definition) is 2. The van der Waals surface area contributed by atoms with Crippen LogP contribution in [0.4, 0.5) is 4.39 Å². The van der Waals surface area contributed by atoms with Crippen molar-refractivity contribution in [3.63, 3.8) is 0 Å². The van der Waals surface area contributed by atoms with Gasteiger partial charge in [-0.1, -0.05) is 36.8 Å². The lowest BCUT2D eigenvalue weighted by atomic mass is 10.0. The summed E-state index contributed by atoms with van der Waals surface area (Å²) in [7, 11) is -3.88.